The largest absolute Gasteiger partial charge is 0.493 e. The first-order valence-corrected chi connectivity index (χ1v) is 9.32. The molecule has 1 aliphatic rings. The van der Waals surface area contributed by atoms with Crippen molar-refractivity contribution in [3.63, 3.8) is 0 Å². The Labute approximate surface area is 165 Å². The topological polar surface area (TPSA) is 62.6 Å². The molecule has 0 saturated heterocycles. The van der Waals surface area contributed by atoms with Gasteiger partial charge in [-0.05, 0) is 49.1 Å². The molecule has 0 radical (unpaired) electrons. The fourth-order valence-corrected chi connectivity index (χ4v) is 3.06. The number of nitriles is 1. The van der Waals surface area contributed by atoms with E-state index < -0.39 is 0 Å². The number of hydrogen-bond acceptors (Lipinski definition) is 4. The van der Waals surface area contributed by atoms with Crippen molar-refractivity contribution >= 4 is 12.0 Å². The van der Waals surface area contributed by atoms with E-state index in [-0.39, 0.29) is 12.5 Å². The third kappa shape index (κ3) is 5.14. The summed E-state index contributed by atoms with van der Waals surface area (Å²) in [4.78, 5) is 14.7. The summed E-state index contributed by atoms with van der Waals surface area (Å²) in [6.07, 6.45) is 5.51. The van der Waals surface area contributed by atoms with Crippen LogP contribution in [-0.2, 0) is 11.3 Å². The quantitative estimate of drug-likeness (QED) is 0.651. The number of carbonyl (C=O) groups is 1. The highest BCUT2D eigenvalue weighted by Crippen LogP contribution is 2.30. The van der Waals surface area contributed by atoms with Gasteiger partial charge in [0, 0.05) is 18.7 Å². The van der Waals surface area contributed by atoms with Gasteiger partial charge in [-0.2, -0.15) is 5.26 Å². The number of hydrogen-bond donors (Lipinski definition) is 0. The molecule has 0 spiro atoms. The van der Waals surface area contributed by atoms with Gasteiger partial charge in [0.2, 0.25) is 5.91 Å². The van der Waals surface area contributed by atoms with Crippen LogP contribution in [0.2, 0.25) is 0 Å². The SMILES string of the molecule is COc1cc(/C=C/C(=O)N(Cc2cccc(C)c2)C2CC2)ccc1OCC#N. The maximum atomic E-state index is 12.8. The molecule has 3 rings (SSSR count). The molecule has 0 N–H and O–H groups in total. The van der Waals surface area contributed by atoms with E-state index in [1.807, 2.05) is 23.1 Å². The summed E-state index contributed by atoms with van der Waals surface area (Å²) in [5.41, 5.74) is 3.18. The highest BCUT2D eigenvalue weighted by Gasteiger charge is 2.31. The molecular weight excluding hydrogens is 352 g/mol. The predicted octanol–water partition coefficient (Wildman–Crippen LogP) is 4.11. The second-order valence-corrected chi connectivity index (χ2v) is 6.88. The number of methoxy groups -OCH3 is 1. The Hall–Kier alpha value is -3.26. The number of amides is 1. The summed E-state index contributed by atoms with van der Waals surface area (Å²) in [6, 6.07) is 15.9. The van der Waals surface area contributed by atoms with Crippen LogP contribution in [0.4, 0.5) is 0 Å². The smallest absolute Gasteiger partial charge is 0.247 e. The summed E-state index contributed by atoms with van der Waals surface area (Å²) in [5, 5.41) is 8.64. The lowest BCUT2D eigenvalue weighted by atomic mass is 10.1. The van der Waals surface area contributed by atoms with Crippen LogP contribution in [0.25, 0.3) is 6.08 Å². The van der Waals surface area contributed by atoms with Gasteiger partial charge >= 0.3 is 0 Å². The molecule has 1 fully saturated rings. The van der Waals surface area contributed by atoms with Gasteiger partial charge in [-0.3, -0.25) is 4.79 Å². The molecule has 1 aliphatic carbocycles. The fraction of sp³-hybridized carbons (Fsp3) is 0.304. The molecule has 0 aromatic heterocycles. The van der Waals surface area contributed by atoms with E-state index in [9.17, 15) is 4.79 Å². The van der Waals surface area contributed by atoms with Crippen LogP contribution >= 0.6 is 0 Å². The van der Waals surface area contributed by atoms with Crippen molar-refractivity contribution in [1.82, 2.24) is 4.90 Å². The van der Waals surface area contributed by atoms with Crippen LogP contribution < -0.4 is 9.47 Å². The Morgan fingerprint density at radius 1 is 1.25 bits per heavy atom. The third-order valence-corrected chi connectivity index (χ3v) is 4.60. The lowest BCUT2D eigenvalue weighted by Crippen LogP contribution is -2.31. The number of carbonyl (C=O) groups excluding carboxylic acids is 1. The number of rotatable bonds is 8. The number of benzene rings is 2. The first kappa shape index (κ1) is 19.5. The zero-order valence-electron chi connectivity index (χ0n) is 16.2. The molecule has 0 heterocycles. The van der Waals surface area contributed by atoms with Gasteiger partial charge in [-0.15, -0.1) is 0 Å². The number of aryl methyl sites for hydroxylation is 1. The average molecular weight is 376 g/mol. The Morgan fingerprint density at radius 3 is 2.75 bits per heavy atom. The molecule has 0 aliphatic heterocycles. The van der Waals surface area contributed by atoms with Crippen molar-refractivity contribution in [2.24, 2.45) is 0 Å². The average Bonchev–Trinajstić information content (AvgIpc) is 3.54. The van der Waals surface area contributed by atoms with E-state index in [2.05, 4.69) is 25.1 Å². The summed E-state index contributed by atoms with van der Waals surface area (Å²) in [6.45, 7) is 2.64. The van der Waals surface area contributed by atoms with E-state index in [0.717, 1.165) is 24.0 Å². The number of nitrogens with zero attached hydrogens (tertiary/aromatic N) is 2. The zero-order chi connectivity index (χ0) is 19.9. The maximum Gasteiger partial charge on any atom is 0.247 e. The van der Waals surface area contributed by atoms with Crippen molar-refractivity contribution in [3.8, 4) is 17.6 Å². The molecule has 2 aromatic carbocycles. The minimum absolute atomic E-state index is 0.00720. The Kier molecular flexibility index (Phi) is 6.33. The lowest BCUT2D eigenvalue weighted by molar-refractivity contribution is -0.127. The van der Waals surface area contributed by atoms with Gasteiger partial charge in [0.1, 0.15) is 6.07 Å². The van der Waals surface area contributed by atoms with E-state index in [4.69, 9.17) is 14.7 Å². The summed E-state index contributed by atoms with van der Waals surface area (Å²) in [7, 11) is 1.55. The van der Waals surface area contributed by atoms with Gasteiger partial charge in [0.05, 0.1) is 7.11 Å². The van der Waals surface area contributed by atoms with E-state index in [1.165, 1.54) is 5.56 Å². The van der Waals surface area contributed by atoms with Crippen LogP contribution in [0.5, 0.6) is 11.5 Å². The molecular formula is C23H24N2O3. The van der Waals surface area contributed by atoms with Crippen molar-refractivity contribution in [1.29, 1.82) is 5.26 Å². The van der Waals surface area contributed by atoms with E-state index in [0.29, 0.717) is 24.1 Å². The second kappa shape index (κ2) is 9.09. The first-order valence-electron chi connectivity index (χ1n) is 9.32. The standard InChI is InChI=1S/C23H24N2O3/c1-17-4-3-5-19(14-17)16-25(20-8-9-20)23(26)11-7-18-6-10-21(28-13-12-24)22(15-18)27-2/h3-7,10-11,14-15,20H,8-9,13,16H2,1-2H3/b11-7+. The fourth-order valence-electron chi connectivity index (χ4n) is 3.06. The molecule has 1 saturated carbocycles. The van der Waals surface area contributed by atoms with Crippen molar-refractivity contribution < 1.29 is 14.3 Å². The Morgan fingerprint density at radius 2 is 2.07 bits per heavy atom. The van der Waals surface area contributed by atoms with E-state index >= 15 is 0 Å². The number of ether oxygens (including phenoxy) is 2. The molecule has 0 bridgehead atoms. The van der Waals surface area contributed by atoms with Crippen LogP contribution in [0.3, 0.4) is 0 Å². The second-order valence-electron chi connectivity index (χ2n) is 6.88. The van der Waals surface area contributed by atoms with Crippen molar-refractivity contribution in [3.05, 3.63) is 65.2 Å². The zero-order valence-corrected chi connectivity index (χ0v) is 16.2. The van der Waals surface area contributed by atoms with Gasteiger partial charge in [0.15, 0.2) is 18.1 Å². The molecule has 2 aromatic rings. The Balaban J connectivity index is 1.71. The monoisotopic (exact) mass is 376 g/mol. The van der Waals surface area contributed by atoms with Crippen LogP contribution in [-0.4, -0.2) is 30.6 Å². The maximum absolute atomic E-state index is 12.8. The van der Waals surface area contributed by atoms with Gasteiger partial charge in [-0.25, -0.2) is 0 Å². The van der Waals surface area contributed by atoms with Gasteiger partial charge in [-0.1, -0.05) is 35.9 Å². The van der Waals surface area contributed by atoms with Crippen LogP contribution in [0.1, 0.15) is 29.5 Å². The first-order chi connectivity index (χ1) is 13.6. The highest BCUT2D eigenvalue weighted by molar-refractivity contribution is 5.92. The molecule has 5 nitrogen and oxygen atoms in total. The molecule has 144 valence electrons. The highest BCUT2D eigenvalue weighted by atomic mass is 16.5. The summed E-state index contributed by atoms with van der Waals surface area (Å²) < 4.78 is 10.6. The van der Waals surface area contributed by atoms with Crippen molar-refractivity contribution in [2.45, 2.75) is 32.4 Å². The van der Waals surface area contributed by atoms with E-state index in [1.54, 1.807) is 31.4 Å². The normalized spacial score (nSPS) is 13.2. The third-order valence-electron chi connectivity index (χ3n) is 4.60. The lowest BCUT2D eigenvalue weighted by Gasteiger charge is -2.21. The Bertz CT molecular complexity index is 910. The van der Waals surface area contributed by atoms with Gasteiger partial charge in [0.25, 0.3) is 0 Å². The predicted molar refractivity (Wildman–Crippen MR) is 108 cm³/mol. The molecule has 5 heteroatoms. The molecule has 0 atom stereocenters. The summed E-state index contributed by atoms with van der Waals surface area (Å²) >= 11 is 0. The molecule has 1 amide bonds. The molecule has 28 heavy (non-hydrogen) atoms. The minimum Gasteiger partial charge on any atom is -0.493 e. The molecule has 0 unspecified atom stereocenters. The summed E-state index contributed by atoms with van der Waals surface area (Å²) in [5.74, 6) is 1.04. The minimum atomic E-state index is -0.0423. The van der Waals surface area contributed by atoms with Crippen molar-refractivity contribution in [2.75, 3.05) is 13.7 Å². The van der Waals surface area contributed by atoms with Crippen LogP contribution in [0.15, 0.2) is 48.5 Å². The van der Waals surface area contributed by atoms with Crippen LogP contribution in [0, 0.1) is 18.3 Å². The van der Waals surface area contributed by atoms with Gasteiger partial charge < -0.3 is 14.4 Å².